The molecule has 0 spiro atoms. The molecule has 2 aromatic rings. The Morgan fingerprint density at radius 1 is 1.04 bits per heavy atom. The van der Waals surface area contributed by atoms with Crippen molar-refractivity contribution in [2.24, 2.45) is 0 Å². The average molecular weight is 364 g/mol. The molecule has 1 aliphatic rings. The van der Waals surface area contributed by atoms with Crippen LogP contribution >= 0.6 is 0 Å². The summed E-state index contributed by atoms with van der Waals surface area (Å²) < 4.78 is 40.3. The van der Waals surface area contributed by atoms with Gasteiger partial charge in [0.2, 0.25) is 0 Å². The maximum absolute atomic E-state index is 13.8. The molecule has 0 radical (unpaired) electrons. The molecule has 3 rings (SSSR count). The molecule has 2 heterocycles. The monoisotopic (exact) mass is 364 g/mol. The van der Waals surface area contributed by atoms with E-state index < -0.39 is 17.5 Å². The highest BCUT2D eigenvalue weighted by atomic mass is 19.2. The maximum Gasteiger partial charge on any atom is 0.272 e. The fourth-order valence-corrected chi connectivity index (χ4v) is 2.94. The van der Waals surface area contributed by atoms with E-state index in [1.54, 1.807) is 11.8 Å². The van der Waals surface area contributed by atoms with Crippen LogP contribution in [0.1, 0.15) is 42.0 Å². The molecule has 26 heavy (non-hydrogen) atoms. The number of aryl methyl sites for hydroxylation is 1. The van der Waals surface area contributed by atoms with E-state index in [4.69, 9.17) is 0 Å². The number of aromatic nitrogens is 2. The van der Waals surface area contributed by atoms with Gasteiger partial charge in [0.1, 0.15) is 17.3 Å². The molecule has 1 N–H and O–H groups in total. The molecule has 1 aromatic heterocycles. The lowest BCUT2D eigenvalue weighted by atomic mass is 10.2. The van der Waals surface area contributed by atoms with Gasteiger partial charge in [-0.05, 0) is 31.9 Å². The zero-order valence-corrected chi connectivity index (χ0v) is 14.4. The van der Waals surface area contributed by atoms with Gasteiger partial charge in [-0.1, -0.05) is 12.8 Å². The van der Waals surface area contributed by atoms with Crippen molar-refractivity contribution in [3.63, 3.8) is 0 Å². The number of hydrogen-bond acceptors (Lipinski definition) is 4. The molecule has 0 bridgehead atoms. The molecular formula is C18H19F3N4O. The highest BCUT2D eigenvalue weighted by Crippen LogP contribution is 2.23. The van der Waals surface area contributed by atoms with Gasteiger partial charge in [0.25, 0.3) is 5.91 Å². The van der Waals surface area contributed by atoms with E-state index in [0.717, 1.165) is 37.8 Å². The largest absolute Gasteiger partial charge is 0.338 e. The number of nitrogens with one attached hydrogen (secondary N) is 1. The summed E-state index contributed by atoms with van der Waals surface area (Å²) in [5.41, 5.74) is -0.0833. The van der Waals surface area contributed by atoms with Crippen molar-refractivity contribution in [1.29, 1.82) is 0 Å². The van der Waals surface area contributed by atoms with Crippen molar-refractivity contribution in [1.82, 2.24) is 14.9 Å². The number of carbonyl (C=O) groups excluding carboxylic acids is 1. The Morgan fingerprint density at radius 3 is 2.42 bits per heavy atom. The van der Waals surface area contributed by atoms with Crippen LogP contribution in [0, 0.1) is 24.4 Å². The minimum Gasteiger partial charge on any atom is -0.338 e. The van der Waals surface area contributed by atoms with Crippen LogP contribution < -0.4 is 5.32 Å². The van der Waals surface area contributed by atoms with Crippen molar-refractivity contribution >= 4 is 17.4 Å². The second-order valence-corrected chi connectivity index (χ2v) is 6.24. The number of likely N-dealkylation sites (tertiary alicyclic amines) is 1. The average Bonchev–Trinajstić information content (AvgIpc) is 2.90. The van der Waals surface area contributed by atoms with E-state index in [0.29, 0.717) is 18.9 Å². The SMILES string of the molecule is Cc1nc(Nc2ccc(F)c(F)c2F)cc(C(=O)N2CCCCCC2)n1. The van der Waals surface area contributed by atoms with E-state index in [9.17, 15) is 18.0 Å². The number of nitrogens with zero attached hydrogens (tertiary/aromatic N) is 3. The first-order valence-electron chi connectivity index (χ1n) is 8.51. The van der Waals surface area contributed by atoms with Crippen molar-refractivity contribution in [3.05, 3.63) is 47.2 Å². The molecule has 1 amide bonds. The summed E-state index contributed by atoms with van der Waals surface area (Å²) in [6, 6.07) is 3.28. The van der Waals surface area contributed by atoms with Gasteiger partial charge < -0.3 is 10.2 Å². The molecule has 0 atom stereocenters. The fourth-order valence-electron chi connectivity index (χ4n) is 2.94. The van der Waals surface area contributed by atoms with Gasteiger partial charge in [-0.3, -0.25) is 4.79 Å². The molecule has 1 saturated heterocycles. The third-order valence-electron chi connectivity index (χ3n) is 4.25. The van der Waals surface area contributed by atoms with Crippen molar-refractivity contribution in [2.45, 2.75) is 32.6 Å². The summed E-state index contributed by atoms with van der Waals surface area (Å²) in [5, 5.41) is 2.59. The minimum atomic E-state index is -1.57. The zero-order chi connectivity index (χ0) is 18.7. The van der Waals surface area contributed by atoms with Crippen LogP contribution in [-0.2, 0) is 0 Å². The first kappa shape index (κ1) is 18.2. The Hall–Kier alpha value is -2.64. The van der Waals surface area contributed by atoms with Crippen LogP contribution in [0.4, 0.5) is 24.7 Å². The number of carbonyl (C=O) groups is 1. The topological polar surface area (TPSA) is 58.1 Å². The fraction of sp³-hybridized carbons (Fsp3) is 0.389. The van der Waals surface area contributed by atoms with Crippen molar-refractivity contribution in [3.8, 4) is 0 Å². The maximum atomic E-state index is 13.8. The molecule has 1 aliphatic heterocycles. The summed E-state index contributed by atoms with van der Waals surface area (Å²) in [5.74, 6) is -3.95. The second kappa shape index (κ2) is 7.72. The number of hydrogen-bond donors (Lipinski definition) is 1. The van der Waals surface area contributed by atoms with Crippen LogP contribution in [0.15, 0.2) is 18.2 Å². The quantitative estimate of drug-likeness (QED) is 0.838. The minimum absolute atomic E-state index is 0.139. The molecular weight excluding hydrogens is 345 g/mol. The molecule has 5 nitrogen and oxygen atoms in total. The normalized spacial score (nSPS) is 14.8. The molecule has 1 aromatic carbocycles. The molecule has 8 heteroatoms. The number of rotatable bonds is 3. The first-order valence-corrected chi connectivity index (χ1v) is 8.51. The van der Waals surface area contributed by atoms with E-state index >= 15 is 0 Å². The van der Waals surface area contributed by atoms with Gasteiger partial charge in [0.05, 0.1) is 5.69 Å². The third-order valence-corrected chi connectivity index (χ3v) is 4.25. The predicted molar refractivity (Wildman–Crippen MR) is 90.7 cm³/mol. The Labute approximate surface area is 149 Å². The molecule has 0 aliphatic carbocycles. The lowest BCUT2D eigenvalue weighted by Gasteiger charge is -2.20. The van der Waals surface area contributed by atoms with Crippen LogP contribution in [0.2, 0.25) is 0 Å². The summed E-state index contributed by atoms with van der Waals surface area (Å²) >= 11 is 0. The van der Waals surface area contributed by atoms with Crippen LogP contribution in [0.25, 0.3) is 0 Å². The molecule has 1 fully saturated rings. The molecule has 0 saturated carbocycles. The van der Waals surface area contributed by atoms with E-state index in [1.165, 1.54) is 6.07 Å². The first-order chi connectivity index (χ1) is 12.5. The second-order valence-electron chi connectivity index (χ2n) is 6.24. The molecule has 0 unspecified atom stereocenters. The Bertz CT molecular complexity index is 820. The highest BCUT2D eigenvalue weighted by Gasteiger charge is 2.20. The summed E-state index contributed by atoms with van der Waals surface area (Å²) in [4.78, 5) is 22.7. The third kappa shape index (κ3) is 3.95. The summed E-state index contributed by atoms with van der Waals surface area (Å²) in [6.45, 7) is 2.94. The van der Waals surface area contributed by atoms with Crippen molar-refractivity contribution < 1.29 is 18.0 Å². The summed E-state index contributed by atoms with van der Waals surface area (Å²) in [7, 11) is 0. The van der Waals surface area contributed by atoms with Gasteiger partial charge >= 0.3 is 0 Å². The van der Waals surface area contributed by atoms with Gasteiger partial charge in [-0.15, -0.1) is 0 Å². The Kier molecular flexibility index (Phi) is 5.39. The lowest BCUT2D eigenvalue weighted by molar-refractivity contribution is 0.0755. The van der Waals surface area contributed by atoms with Gasteiger partial charge in [-0.25, -0.2) is 23.1 Å². The number of benzene rings is 1. The smallest absolute Gasteiger partial charge is 0.272 e. The lowest BCUT2D eigenvalue weighted by Crippen LogP contribution is -2.32. The van der Waals surface area contributed by atoms with E-state index in [1.807, 2.05) is 0 Å². The van der Waals surface area contributed by atoms with Gasteiger partial charge in [-0.2, -0.15) is 0 Å². The Balaban J connectivity index is 1.86. The van der Waals surface area contributed by atoms with Crippen LogP contribution in [0.3, 0.4) is 0 Å². The van der Waals surface area contributed by atoms with Gasteiger partial charge in [0.15, 0.2) is 17.5 Å². The van der Waals surface area contributed by atoms with Gasteiger partial charge in [0, 0.05) is 19.2 Å². The Morgan fingerprint density at radius 2 is 1.73 bits per heavy atom. The number of anilines is 2. The van der Waals surface area contributed by atoms with E-state index in [2.05, 4.69) is 15.3 Å². The molecule has 138 valence electrons. The van der Waals surface area contributed by atoms with Crippen LogP contribution in [0.5, 0.6) is 0 Å². The predicted octanol–water partition coefficient (Wildman–Crippen LogP) is 3.96. The van der Waals surface area contributed by atoms with Crippen LogP contribution in [-0.4, -0.2) is 33.9 Å². The summed E-state index contributed by atoms with van der Waals surface area (Å²) in [6.07, 6.45) is 4.07. The standard InChI is InChI=1S/C18H19F3N4O/c1-11-22-14(18(26)25-8-4-2-3-5-9-25)10-15(23-11)24-13-7-6-12(19)16(20)17(13)21/h6-7,10H,2-5,8-9H2,1H3,(H,22,23,24). The zero-order valence-electron chi connectivity index (χ0n) is 14.4. The highest BCUT2D eigenvalue weighted by molar-refractivity contribution is 5.93. The van der Waals surface area contributed by atoms with E-state index in [-0.39, 0.29) is 23.1 Å². The number of halogens is 3. The van der Waals surface area contributed by atoms with Crippen molar-refractivity contribution in [2.75, 3.05) is 18.4 Å². The number of amides is 1.